The summed E-state index contributed by atoms with van der Waals surface area (Å²) in [6.45, 7) is 4.43. The van der Waals surface area contributed by atoms with Gasteiger partial charge < -0.3 is 15.0 Å². The normalized spacial score (nSPS) is 14.7. The van der Waals surface area contributed by atoms with Crippen molar-refractivity contribution in [2.75, 3.05) is 13.7 Å². The van der Waals surface area contributed by atoms with Crippen LogP contribution in [0.2, 0.25) is 0 Å². The lowest BCUT2D eigenvalue weighted by atomic mass is 10.1. The number of ether oxygens (including phenoxy) is 1. The summed E-state index contributed by atoms with van der Waals surface area (Å²) in [5, 5.41) is 3.93. The van der Waals surface area contributed by atoms with Crippen LogP contribution in [0.25, 0.3) is 0 Å². The van der Waals surface area contributed by atoms with Crippen LogP contribution in [0.5, 0.6) is 0 Å². The third-order valence-electron chi connectivity index (χ3n) is 2.92. The van der Waals surface area contributed by atoms with Crippen molar-refractivity contribution in [3.8, 4) is 0 Å². The molecule has 1 aromatic heterocycles. The van der Waals surface area contributed by atoms with Gasteiger partial charge in [0.1, 0.15) is 5.54 Å². The van der Waals surface area contributed by atoms with Crippen molar-refractivity contribution in [2.45, 2.75) is 57.9 Å². The van der Waals surface area contributed by atoms with E-state index in [1.54, 1.807) is 7.11 Å². The van der Waals surface area contributed by atoms with Gasteiger partial charge in [0.05, 0.1) is 6.61 Å². The van der Waals surface area contributed by atoms with Crippen LogP contribution in [0.1, 0.15) is 57.7 Å². The second-order valence-corrected chi connectivity index (χ2v) is 5.03. The van der Waals surface area contributed by atoms with E-state index in [1.165, 1.54) is 25.7 Å². The summed E-state index contributed by atoms with van der Waals surface area (Å²) in [5.41, 5.74) is 5.36. The third-order valence-corrected chi connectivity index (χ3v) is 2.92. The van der Waals surface area contributed by atoms with Gasteiger partial charge in [0.2, 0.25) is 5.89 Å². The lowest BCUT2D eigenvalue weighted by molar-refractivity contribution is 0.135. The number of rotatable bonds is 9. The molecule has 1 aromatic rings. The molecular weight excluding hydrogens is 230 g/mol. The van der Waals surface area contributed by atoms with Gasteiger partial charge >= 0.3 is 0 Å². The molecule has 0 spiro atoms. The minimum atomic E-state index is -0.682. The average molecular weight is 255 g/mol. The number of aryl methyl sites for hydroxylation is 1. The highest BCUT2D eigenvalue weighted by Crippen LogP contribution is 2.15. The van der Waals surface area contributed by atoms with E-state index in [4.69, 9.17) is 15.0 Å². The highest BCUT2D eigenvalue weighted by molar-refractivity contribution is 5.01. The number of aromatic nitrogens is 2. The van der Waals surface area contributed by atoms with Crippen LogP contribution in [-0.4, -0.2) is 23.9 Å². The van der Waals surface area contributed by atoms with Gasteiger partial charge in [-0.25, -0.2) is 0 Å². The largest absolute Gasteiger partial charge is 0.382 e. The molecule has 0 saturated heterocycles. The highest BCUT2D eigenvalue weighted by Gasteiger charge is 2.27. The Labute approximate surface area is 109 Å². The number of nitrogens with two attached hydrogens (primary N) is 1. The van der Waals surface area contributed by atoms with Gasteiger partial charge in [-0.2, -0.15) is 4.98 Å². The van der Waals surface area contributed by atoms with Crippen molar-refractivity contribution >= 4 is 0 Å². The van der Waals surface area contributed by atoms with Crippen molar-refractivity contribution < 1.29 is 9.26 Å². The zero-order chi connectivity index (χ0) is 13.4. The van der Waals surface area contributed by atoms with E-state index in [2.05, 4.69) is 17.1 Å². The summed E-state index contributed by atoms with van der Waals surface area (Å²) < 4.78 is 10.3. The molecule has 1 heterocycles. The summed E-state index contributed by atoms with van der Waals surface area (Å²) in [6.07, 6.45) is 6.96. The first kappa shape index (κ1) is 15.1. The van der Waals surface area contributed by atoms with Crippen molar-refractivity contribution in [3.63, 3.8) is 0 Å². The fraction of sp³-hybridized carbons (Fsp3) is 0.846. The summed E-state index contributed by atoms with van der Waals surface area (Å²) in [4.78, 5) is 4.34. The molecule has 0 aliphatic carbocycles. The Morgan fingerprint density at radius 1 is 1.28 bits per heavy atom. The second-order valence-electron chi connectivity index (χ2n) is 5.03. The molecule has 0 amide bonds. The van der Waals surface area contributed by atoms with Crippen LogP contribution < -0.4 is 5.73 Å². The van der Waals surface area contributed by atoms with Crippen LogP contribution >= 0.6 is 0 Å². The van der Waals surface area contributed by atoms with Gasteiger partial charge in [-0.3, -0.25) is 0 Å². The molecule has 0 bridgehead atoms. The Hall–Kier alpha value is -0.940. The lowest BCUT2D eigenvalue weighted by Gasteiger charge is -2.18. The topological polar surface area (TPSA) is 74.2 Å². The number of methoxy groups -OCH3 is 1. The minimum Gasteiger partial charge on any atom is -0.382 e. The number of hydrogen-bond acceptors (Lipinski definition) is 5. The molecular formula is C13H25N3O2. The Morgan fingerprint density at radius 2 is 2.00 bits per heavy atom. The first-order valence-electron chi connectivity index (χ1n) is 6.71. The SMILES string of the molecule is CCCCCCCc1nc(C(C)(N)COC)no1. The van der Waals surface area contributed by atoms with E-state index >= 15 is 0 Å². The van der Waals surface area contributed by atoms with Crippen molar-refractivity contribution in [2.24, 2.45) is 5.73 Å². The van der Waals surface area contributed by atoms with Gasteiger partial charge in [-0.05, 0) is 13.3 Å². The predicted molar refractivity (Wildman–Crippen MR) is 70.2 cm³/mol. The molecule has 0 saturated carbocycles. The first-order valence-corrected chi connectivity index (χ1v) is 6.71. The maximum Gasteiger partial charge on any atom is 0.226 e. The number of hydrogen-bond donors (Lipinski definition) is 1. The molecule has 0 aliphatic heterocycles. The third kappa shape index (κ3) is 4.74. The molecule has 104 valence electrons. The quantitative estimate of drug-likeness (QED) is 0.686. The molecule has 5 heteroatoms. The molecule has 5 nitrogen and oxygen atoms in total. The van der Waals surface area contributed by atoms with Crippen molar-refractivity contribution in [1.29, 1.82) is 0 Å². The van der Waals surface area contributed by atoms with E-state index in [-0.39, 0.29) is 0 Å². The molecule has 18 heavy (non-hydrogen) atoms. The molecule has 1 atom stereocenters. The molecule has 2 N–H and O–H groups in total. The van der Waals surface area contributed by atoms with Crippen LogP contribution in [0.4, 0.5) is 0 Å². The minimum absolute atomic E-state index is 0.377. The smallest absolute Gasteiger partial charge is 0.226 e. The molecule has 0 fully saturated rings. The van der Waals surface area contributed by atoms with E-state index in [0.29, 0.717) is 18.3 Å². The van der Waals surface area contributed by atoms with Gasteiger partial charge in [0, 0.05) is 13.5 Å². The van der Waals surface area contributed by atoms with Crippen molar-refractivity contribution in [1.82, 2.24) is 10.1 Å². The Bertz CT molecular complexity index is 337. The fourth-order valence-electron chi connectivity index (χ4n) is 1.83. The maximum atomic E-state index is 6.05. The van der Waals surface area contributed by atoms with E-state index < -0.39 is 5.54 Å². The molecule has 0 aromatic carbocycles. The summed E-state index contributed by atoms with van der Waals surface area (Å²) in [7, 11) is 1.61. The average Bonchev–Trinajstić information content (AvgIpc) is 2.78. The summed E-state index contributed by atoms with van der Waals surface area (Å²) in [5.74, 6) is 1.20. The second kappa shape index (κ2) is 7.48. The molecule has 0 aliphatic rings. The standard InChI is InChI=1S/C13H25N3O2/c1-4-5-6-7-8-9-11-15-12(16-18-11)13(2,14)10-17-3/h4-10,14H2,1-3H3. The Kier molecular flexibility index (Phi) is 6.29. The fourth-order valence-corrected chi connectivity index (χ4v) is 1.83. The number of unbranched alkanes of at least 4 members (excludes halogenated alkanes) is 4. The summed E-state index contributed by atoms with van der Waals surface area (Å²) >= 11 is 0. The van der Waals surface area contributed by atoms with Crippen LogP contribution in [0.3, 0.4) is 0 Å². The number of nitrogens with zero attached hydrogens (tertiary/aromatic N) is 2. The molecule has 0 radical (unpaired) electrons. The van der Waals surface area contributed by atoms with Gasteiger partial charge in [0.25, 0.3) is 0 Å². The highest BCUT2D eigenvalue weighted by atomic mass is 16.5. The van der Waals surface area contributed by atoms with Crippen LogP contribution in [-0.2, 0) is 16.7 Å². The molecule has 1 rings (SSSR count). The van der Waals surface area contributed by atoms with E-state index in [0.717, 1.165) is 12.8 Å². The lowest BCUT2D eigenvalue weighted by Crippen LogP contribution is -2.39. The zero-order valence-electron chi connectivity index (χ0n) is 11.7. The first-order chi connectivity index (χ1) is 8.60. The maximum absolute atomic E-state index is 6.05. The summed E-state index contributed by atoms with van der Waals surface area (Å²) in [6, 6.07) is 0. The molecule has 1 unspecified atom stereocenters. The van der Waals surface area contributed by atoms with Gasteiger partial charge in [-0.15, -0.1) is 0 Å². The monoisotopic (exact) mass is 255 g/mol. The Morgan fingerprint density at radius 3 is 2.67 bits per heavy atom. The van der Waals surface area contributed by atoms with Crippen LogP contribution in [0, 0.1) is 0 Å². The zero-order valence-corrected chi connectivity index (χ0v) is 11.7. The van der Waals surface area contributed by atoms with Gasteiger partial charge in [-0.1, -0.05) is 37.8 Å². The van der Waals surface area contributed by atoms with Gasteiger partial charge in [0.15, 0.2) is 5.82 Å². The van der Waals surface area contributed by atoms with E-state index in [1.807, 2.05) is 6.92 Å². The Balaban J connectivity index is 2.38. The van der Waals surface area contributed by atoms with Crippen LogP contribution in [0.15, 0.2) is 4.52 Å². The van der Waals surface area contributed by atoms with Crippen molar-refractivity contribution in [3.05, 3.63) is 11.7 Å². The predicted octanol–water partition coefficient (Wildman–Crippen LogP) is 2.40. The van der Waals surface area contributed by atoms with E-state index in [9.17, 15) is 0 Å².